The van der Waals surface area contributed by atoms with Gasteiger partial charge in [0.05, 0.1) is 30.3 Å². The molecule has 7 nitrogen and oxygen atoms in total. The summed E-state index contributed by atoms with van der Waals surface area (Å²) in [5.74, 6) is -1.11. The molecule has 0 aliphatic carbocycles. The molecule has 1 saturated heterocycles. The normalized spacial score (nSPS) is 24.9. The van der Waals surface area contributed by atoms with Crippen molar-refractivity contribution in [2.24, 2.45) is 0 Å². The first-order chi connectivity index (χ1) is 9.01. The molecule has 1 aliphatic heterocycles. The van der Waals surface area contributed by atoms with Crippen LogP contribution in [0.3, 0.4) is 0 Å². The third-order valence-electron chi connectivity index (χ3n) is 3.01. The van der Waals surface area contributed by atoms with Crippen LogP contribution in [0.5, 0.6) is 0 Å². The van der Waals surface area contributed by atoms with Crippen LogP contribution in [0.25, 0.3) is 0 Å². The monoisotopic (exact) mass is 288 g/mol. The van der Waals surface area contributed by atoms with Gasteiger partial charge in [0.25, 0.3) is 0 Å². The Bertz CT molecular complexity index is 381. The molecule has 1 rings (SSSR count). The Labute approximate surface area is 118 Å². The van der Waals surface area contributed by atoms with Crippen LogP contribution in [0, 0.1) is 0 Å². The van der Waals surface area contributed by atoms with Crippen molar-refractivity contribution in [3.8, 4) is 0 Å². The van der Waals surface area contributed by atoms with Gasteiger partial charge in [-0.3, -0.25) is 4.79 Å². The van der Waals surface area contributed by atoms with Crippen molar-refractivity contribution in [2.45, 2.75) is 51.4 Å². The summed E-state index contributed by atoms with van der Waals surface area (Å²) in [4.78, 5) is 24.3. The maximum absolute atomic E-state index is 12.1. The highest BCUT2D eigenvalue weighted by Crippen LogP contribution is 2.20. The van der Waals surface area contributed by atoms with Crippen LogP contribution in [0.1, 0.15) is 34.1 Å². The van der Waals surface area contributed by atoms with E-state index in [4.69, 9.17) is 9.84 Å². The van der Waals surface area contributed by atoms with E-state index in [1.54, 1.807) is 4.90 Å². The molecule has 1 aliphatic rings. The topological polar surface area (TPSA) is 99.1 Å². The van der Waals surface area contributed by atoms with Crippen molar-refractivity contribution >= 4 is 12.0 Å². The fraction of sp³-hybridized carbons (Fsp3) is 0.846. The number of nitrogens with one attached hydrogen (secondary N) is 1. The van der Waals surface area contributed by atoms with E-state index in [1.165, 1.54) is 6.92 Å². The van der Waals surface area contributed by atoms with E-state index in [9.17, 15) is 14.7 Å². The minimum Gasteiger partial charge on any atom is -0.481 e. The molecule has 1 fully saturated rings. The van der Waals surface area contributed by atoms with E-state index in [-0.39, 0.29) is 18.7 Å². The van der Waals surface area contributed by atoms with Crippen molar-refractivity contribution in [1.29, 1.82) is 0 Å². The molecule has 0 spiro atoms. The van der Waals surface area contributed by atoms with Crippen LogP contribution >= 0.6 is 0 Å². The van der Waals surface area contributed by atoms with Crippen LogP contribution in [-0.2, 0) is 9.53 Å². The Kier molecular flexibility index (Phi) is 4.99. The van der Waals surface area contributed by atoms with Crippen LogP contribution < -0.4 is 5.32 Å². The second kappa shape index (κ2) is 5.97. The Morgan fingerprint density at radius 3 is 2.60 bits per heavy atom. The number of carboxylic acid groups (broad SMARTS) is 1. The molecule has 0 aromatic heterocycles. The second-order valence-electron chi connectivity index (χ2n) is 6.29. The van der Waals surface area contributed by atoms with Crippen molar-refractivity contribution < 1.29 is 24.5 Å². The quantitative estimate of drug-likeness (QED) is 0.696. The fourth-order valence-electron chi connectivity index (χ4n) is 2.37. The number of carbonyl (C=O) groups excluding carboxylic acids is 1. The van der Waals surface area contributed by atoms with Gasteiger partial charge in [0.15, 0.2) is 0 Å². The first kappa shape index (κ1) is 16.7. The Morgan fingerprint density at radius 2 is 2.10 bits per heavy atom. The number of aliphatic carboxylic acids is 1. The highest BCUT2D eigenvalue weighted by atomic mass is 16.5. The molecule has 0 aromatic carbocycles. The summed E-state index contributed by atoms with van der Waals surface area (Å²) in [6.07, 6.45) is -0.484. The van der Waals surface area contributed by atoms with Crippen LogP contribution in [0.4, 0.5) is 4.79 Å². The SMILES string of the molecule is CC1CN(C(=O)NCC(C)(O)CC(=O)O)CC(C)(C)O1. The van der Waals surface area contributed by atoms with E-state index in [1.807, 2.05) is 20.8 Å². The molecule has 3 N–H and O–H groups in total. The highest BCUT2D eigenvalue weighted by Gasteiger charge is 2.34. The van der Waals surface area contributed by atoms with Crippen molar-refractivity contribution in [2.75, 3.05) is 19.6 Å². The van der Waals surface area contributed by atoms with Crippen molar-refractivity contribution in [3.05, 3.63) is 0 Å². The standard InChI is InChI=1S/C13H24N2O5/c1-9-6-15(8-12(2,3)20-9)11(18)14-7-13(4,19)5-10(16)17/h9,19H,5-8H2,1-4H3,(H,14,18)(H,16,17). The maximum Gasteiger partial charge on any atom is 0.317 e. The number of nitrogens with zero attached hydrogens (tertiary/aromatic N) is 1. The number of hydrogen-bond acceptors (Lipinski definition) is 4. The first-order valence-corrected chi connectivity index (χ1v) is 6.65. The van der Waals surface area contributed by atoms with Gasteiger partial charge in [0.2, 0.25) is 0 Å². The highest BCUT2D eigenvalue weighted by molar-refractivity contribution is 5.75. The van der Waals surface area contributed by atoms with Gasteiger partial charge < -0.3 is 25.2 Å². The smallest absolute Gasteiger partial charge is 0.317 e. The number of amides is 2. The molecule has 116 valence electrons. The summed E-state index contributed by atoms with van der Waals surface area (Å²) in [7, 11) is 0. The number of ether oxygens (including phenoxy) is 1. The molecule has 7 heteroatoms. The number of carboxylic acids is 1. The molecule has 0 radical (unpaired) electrons. The lowest BCUT2D eigenvalue weighted by atomic mass is 10.0. The zero-order chi connectivity index (χ0) is 15.6. The summed E-state index contributed by atoms with van der Waals surface area (Å²) >= 11 is 0. The van der Waals surface area contributed by atoms with Gasteiger partial charge in [-0.2, -0.15) is 0 Å². The van der Waals surface area contributed by atoms with Gasteiger partial charge in [0, 0.05) is 13.1 Å². The third-order valence-corrected chi connectivity index (χ3v) is 3.01. The Balaban J connectivity index is 2.52. The van der Waals surface area contributed by atoms with Crippen LogP contribution in [0.15, 0.2) is 0 Å². The number of rotatable bonds is 4. The van der Waals surface area contributed by atoms with E-state index in [0.717, 1.165) is 0 Å². The minimum atomic E-state index is -1.46. The summed E-state index contributed by atoms with van der Waals surface area (Å²) < 4.78 is 5.70. The number of carbonyl (C=O) groups is 2. The lowest BCUT2D eigenvalue weighted by Crippen LogP contribution is -2.57. The molecule has 0 aromatic rings. The number of aliphatic hydroxyl groups is 1. The van der Waals surface area contributed by atoms with Gasteiger partial charge >= 0.3 is 12.0 Å². The van der Waals surface area contributed by atoms with Gasteiger partial charge in [0.1, 0.15) is 0 Å². The molecule has 0 bridgehead atoms. The lowest BCUT2D eigenvalue weighted by Gasteiger charge is -2.41. The average Bonchev–Trinajstić information content (AvgIpc) is 2.21. The summed E-state index contributed by atoms with van der Waals surface area (Å²) in [6, 6.07) is -0.320. The number of morpholine rings is 1. The third kappa shape index (κ3) is 5.34. The van der Waals surface area contributed by atoms with E-state index < -0.39 is 23.6 Å². The molecule has 0 saturated carbocycles. The molecule has 2 unspecified atom stereocenters. The molecule has 20 heavy (non-hydrogen) atoms. The number of urea groups is 1. The summed E-state index contributed by atoms with van der Waals surface area (Å²) in [5, 5.41) is 21.1. The zero-order valence-electron chi connectivity index (χ0n) is 12.5. The fourth-order valence-corrected chi connectivity index (χ4v) is 2.37. The molecular weight excluding hydrogens is 264 g/mol. The average molecular weight is 288 g/mol. The van der Waals surface area contributed by atoms with E-state index in [0.29, 0.717) is 13.1 Å². The molecule has 1 heterocycles. The molecule has 2 atom stereocenters. The molecule has 2 amide bonds. The predicted octanol–water partition coefficient (Wildman–Crippen LogP) is 0.421. The zero-order valence-corrected chi connectivity index (χ0v) is 12.5. The van der Waals surface area contributed by atoms with Crippen molar-refractivity contribution in [1.82, 2.24) is 10.2 Å². The van der Waals surface area contributed by atoms with E-state index in [2.05, 4.69) is 5.32 Å². The van der Waals surface area contributed by atoms with Crippen LogP contribution in [-0.4, -0.2) is 64.1 Å². The van der Waals surface area contributed by atoms with Crippen LogP contribution in [0.2, 0.25) is 0 Å². The van der Waals surface area contributed by atoms with Gasteiger partial charge in [-0.25, -0.2) is 4.79 Å². The van der Waals surface area contributed by atoms with Gasteiger partial charge in [-0.05, 0) is 27.7 Å². The van der Waals surface area contributed by atoms with Crippen molar-refractivity contribution in [3.63, 3.8) is 0 Å². The largest absolute Gasteiger partial charge is 0.481 e. The molecular formula is C13H24N2O5. The van der Waals surface area contributed by atoms with Gasteiger partial charge in [-0.1, -0.05) is 0 Å². The minimum absolute atomic E-state index is 0.0657. The van der Waals surface area contributed by atoms with E-state index >= 15 is 0 Å². The Morgan fingerprint density at radius 1 is 1.50 bits per heavy atom. The number of hydrogen-bond donors (Lipinski definition) is 3. The lowest BCUT2D eigenvalue weighted by molar-refractivity contribution is -0.141. The summed E-state index contributed by atoms with van der Waals surface area (Å²) in [6.45, 7) is 7.90. The second-order valence-corrected chi connectivity index (χ2v) is 6.29. The Hall–Kier alpha value is -1.34. The first-order valence-electron chi connectivity index (χ1n) is 6.65. The van der Waals surface area contributed by atoms with Gasteiger partial charge in [-0.15, -0.1) is 0 Å². The predicted molar refractivity (Wildman–Crippen MR) is 72.5 cm³/mol. The maximum atomic E-state index is 12.1. The summed E-state index contributed by atoms with van der Waals surface area (Å²) in [5.41, 5.74) is -1.88.